The molecule has 4 atom stereocenters. The first-order valence-electron chi connectivity index (χ1n) is 10.6. The molecule has 3 aliphatic heterocycles. The second-order valence-corrected chi connectivity index (χ2v) is 8.19. The molecule has 158 valence electrons. The number of hydrogen-bond acceptors (Lipinski definition) is 7. The number of carbonyl (C=O) groups is 1. The van der Waals surface area contributed by atoms with Crippen LogP contribution in [0.15, 0.2) is 36.5 Å². The summed E-state index contributed by atoms with van der Waals surface area (Å²) < 4.78 is 17.0. The van der Waals surface area contributed by atoms with E-state index in [9.17, 15) is 4.79 Å². The standard InChI is InChI=1S/C22H26N4O4/c1-14-10-18(15-4-2-5-16(11-15)30-17-6-3-9-28-12-17)24-21-23-8-7-20(25-21)26-19(14)13-29-22(26)27/h2,4-5,7-8,11,14,17-19H,3,6,9-10,12-13H2,1H3,(H,23,24,25)/t14?,17?,18-,19+/m0/s1. The van der Waals surface area contributed by atoms with Crippen molar-refractivity contribution in [2.24, 2.45) is 5.92 Å². The van der Waals surface area contributed by atoms with E-state index >= 15 is 0 Å². The summed E-state index contributed by atoms with van der Waals surface area (Å²) in [5, 5.41) is 3.46. The van der Waals surface area contributed by atoms with E-state index in [-0.39, 0.29) is 30.2 Å². The van der Waals surface area contributed by atoms with Gasteiger partial charge in [-0.25, -0.2) is 9.78 Å². The molecule has 2 unspecified atom stereocenters. The van der Waals surface area contributed by atoms with Gasteiger partial charge in [0.1, 0.15) is 24.3 Å². The highest BCUT2D eigenvalue weighted by molar-refractivity contribution is 5.89. The summed E-state index contributed by atoms with van der Waals surface area (Å²) in [7, 11) is 0. The molecule has 8 nitrogen and oxygen atoms in total. The van der Waals surface area contributed by atoms with Crippen LogP contribution in [0.4, 0.5) is 16.6 Å². The van der Waals surface area contributed by atoms with Crippen molar-refractivity contribution in [3.05, 3.63) is 42.1 Å². The Hall–Kier alpha value is -2.87. The van der Waals surface area contributed by atoms with Crippen LogP contribution < -0.4 is 15.0 Å². The van der Waals surface area contributed by atoms with E-state index < -0.39 is 0 Å². The maximum atomic E-state index is 12.3. The van der Waals surface area contributed by atoms with Crippen molar-refractivity contribution in [2.45, 2.75) is 44.4 Å². The number of amides is 1. The molecule has 3 aliphatic rings. The van der Waals surface area contributed by atoms with E-state index in [1.54, 1.807) is 17.2 Å². The number of aromatic nitrogens is 2. The molecule has 0 radical (unpaired) electrons. The van der Waals surface area contributed by atoms with Gasteiger partial charge in [-0.1, -0.05) is 19.1 Å². The van der Waals surface area contributed by atoms with Crippen LogP contribution in [0.25, 0.3) is 0 Å². The van der Waals surface area contributed by atoms with Gasteiger partial charge in [0, 0.05) is 12.8 Å². The molecule has 2 fully saturated rings. The van der Waals surface area contributed by atoms with E-state index in [2.05, 4.69) is 34.3 Å². The van der Waals surface area contributed by atoms with E-state index in [0.29, 0.717) is 25.0 Å². The molecule has 2 bridgehead atoms. The second-order valence-electron chi connectivity index (χ2n) is 8.19. The Kier molecular flexibility index (Phi) is 5.16. The van der Waals surface area contributed by atoms with Crippen LogP contribution in [0.1, 0.15) is 37.8 Å². The molecular weight excluding hydrogens is 384 g/mol. The minimum absolute atomic E-state index is 0.0166. The van der Waals surface area contributed by atoms with Gasteiger partial charge in [0.25, 0.3) is 0 Å². The molecule has 0 saturated carbocycles. The quantitative estimate of drug-likeness (QED) is 0.828. The Morgan fingerprint density at radius 1 is 1.27 bits per heavy atom. The molecule has 1 aromatic heterocycles. The number of fused-ring (bicyclic) bond motifs is 4. The Bertz CT molecular complexity index is 918. The summed E-state index contributed by atoms with van der Waals surface area (Å²) in [5.41, 5.74) is 1.10. The summed E-state index contributed by atoms with van der Waals surface area (Å²) >= 11 is 0. The number of nitrogens with one attached hydrogen (secondary N) is 1. The first-order valence-corrected chi connectivity index (χ1v) is 10.6. The third-order valence-corrected chi connectivity index (χ3v) is 6.04. The third-order valence-electron chi connectivity index (χ3n) is 6.04. The van der Waals surface area contributed by atoms with Gasteiger partial charge in [0.15, 0.2) is 0 Å². The predicted octanol–water partition coefficient (Wildman–Crippen LogP) is 3.55. The number of nitrogens with zero attached hydrogens (tertiary/aromatic N) is 3. The number of benzene rings is 1. The van der Waals surface area contributed by atoms with Gasteiger partial charge in [-0.2, -0.15) is 4.98 Å². The summed E-state index contributed by atoms with van der Waals surface area (Å²) in [4.78, 5) is 22.9. The van der Waals surface area contributed by atoms with Crippen LogP contribution in [-0.2, 0) is 9.47 Å². The first-order chi connectivity index (χ1) is 14.7. The molecule has 2 saturated heterocycles. The zero-order valence-electron chi connectivity index (χ0n) is 17.0. The molecule has 0 spiro atoms. The number of anilines is 2. The van der Waals surface area contributed by atoms with Gasteiger partial charge in [-0.3, -0.25) is 4.90 Å². The van der Waals surface area contributed by atoms with Crippen molar-refractivity contribution >= 4 is 17.9 Å². The van der Waals surface area contributed by atoms with Crippen molar-refractivity contribution < 1.29 is 19.0 Å². The van der Waals surface area contributed by atoms with Crippen molar-refractivity contribution in [1.29, 1.82) is 0 Å². The average molecular weight is 410 g/mol. The number of cyclic esters (lactones) is 1. The molecular formula is C22H26N4O4. The molecule has 1 amide bonds. The lowest BCUT2D eigenvalue weighted by molar-refractivity contribution is 0.00739. The SMILES string of the molecule is CC1C[C@@H](c2cccc(OC3CCCOC3)c2)Nc2nccc(n2)N2C(=O)OC[C@H]12. The predicted molar refractivity (Wildman–Crippen MR) is 111 cm³/mol. The van der Waals surface area contributed by atoms with Gasteiger partial charge >= 0.3 is 6.09 Å². The smallest absolute Gasteiger partial charge is 0.415 e. The molecule has 0 aliphatic carbocycles. The van der Waals surface area contributed by atoms with E-state index in [0.717, 1.165) is 37.2 Å². The molecule has 1 aromatic carbocycles. The van der Waals surface area contributed by atoms with E-state index in [4.69, 9.17) is 14.2 Å². The van der Waals surface area contributed by atoms with Gasteiger partial charge in [-0.05, 0) is 48.9 Å². The molecule has 30 heavy (non-hydrogen) atoms. The maximum absolute atomic E-state index is 12.3. The molecule has 2 aromatic rings. The van der Waals surface area contributed by atoms with E-state index in [1.165, 1.54) is 0 Å². The van der Waals surface area contributed by atoms with Crippen LogP contribution in [0.5, 0.6) is 5.75 Å². The van der Waals surface area contributed by atoms with Gasteiger partial charge in [-0.15, -0.1) is 0 Å². The lowest BCUT2D eigenvalue weighted by atomic mass is 9.90. The number of hydrogen-bond donors (Lipinski definition) is 1. The normalized spacial score (nSPS) is 28.4. The third kappa shape index (κ3) is 3.79. The van der Waals surface area contributed by atoms with E-state index in [1.807, 2.05) is 12.1 Å². The highest BCUT2D eigenvalue weighted by Crippen LogP contribution is 2.35. The topological polar surface area (TPSA) is 85.8 Å². The summed E-state index contributed by atoms with van der Waals surface area (Å²) in [5.74, 6) is 2.10. The van der Waals surface area contributed by atoms with Crippen LogP contribution in [-0.4, -0.2) is 48.0 Å². The van der Waals surface area contributed by atoms with Crippen molar-refractivity contribution in [3.8, 4) is 5.75 Å². The minimum Gasteiger partial charge on any atom is -0.488 e. The summed E-state index contributed by atoms with van der Waals surface area (Å²) in [6.45, 7) is 3.97. The highest BCUT2D eigenvalue weighted by atomic mass is 16.6. The average Bonchev–Trinajstić information content (AvgIpc) is 3.16. The molecule has 5 rings (SSSR count). The van der Waals surface area contributed by atoms with Crippen molar-refractivity contribution in [1.82, 2.24) is 9.97 Å². The zero-order chi connectivity index (χ0) is 20.5. The number of rotatable bonds is 3. The second kappa shape index (κ2) is 8.10. The number of carbonyl (C=O) groups excluding carboxylic acids is 1. The monoisotopic (exact) mass is 410 g/mol. The fourth-order valence-corrected chi connectivity index (χ4v) is 4.44. The van der Waals surface area contributed by atoms with Gasteiger partial charge in [0.2, 0.25) is 5.95 Å². The van der Waals surface area contributed by atoms with Gasteiger partial charge < -0.3 is 19.5 Å². The Morgan fingerprint density at radius 3 is 3.07 bits per heavy atom. The number of ether oxygens (including phenoxy) is 3. The van der Waals surface area contributed by atoms with Crippen LogP contribution in [0.2, 0.25) is 0 Å². The Labute approximate surface area is 175 Å². The first kappa shape index (κ1) is 19.1. The summed E-state index contributed by atoms with van der Waals surface area (Å²) in [6.07, 6.45) is 4.25. The minimum atomic E-state index is -0.347. The lowest BCUT2D eigenvalue weighted by Gasteiger charge is -2.27. The summed E-state index contributed by atoms with van der Waals surface area (Å²) in [6, 6.07) is 9.84. The van der Waals surface area contributed by atoms with Gasteiger partial charge in [0.05, 0.1) is 18.7 Å². The van der Waals surface area contributed by atoms with Crippen molar-refractivity contribution in [2.75, 3.05) is 30.0 Å². The van der Waals surface area contributed by atoms with Crippen LogP contribution in [0.3, 0.4) is 0 Å². The molecule has 1 N–H and O–H groups in total. The molecule has 4 heterocycles. The zero-order valence-corrected chi connectivity index (χ0v) is 17.0. The Morgan fingerprint density at radius 2 is 2.20 bits per heavy atom. The fraction of sp³-hybridized carbons (Fsp3) is 0.500. The fourth-order valence-electron chi connectivity index (χ4n) is 4.44. The Balaban J connectivity index is 1.42. The highest BCUT2D eigenvalue weighted by Gasteiger charge is 2.40. The largest absolute Gasteiger partial charge is 0.488 e. The van der Waals surface area contributed by atoms with Crippen molar-refractivity contribution in [3.63, 3.8) is 0 Å². The van der Waals surface area contributed by atoms with Crippen LogP contribution in [0, 0.1) is 5.92 Å². The maximum Gasteiger partial charge on any atom is 0.415 e. The lowest BCUT2D eigenvalue weighted by Crippen LogP contribution is -2.39. The van der Waals surface area contributed by atoms with Crippen LogP contribution >= 0.6 is 0 Å². The molecule has 8 heteroatoms.